The molecule has 0 aliphatic heterocycles. The first-order valence-corrected chi connectivity index (χ1v) is 8.30. The molecule has 0 spiro atoms. The largest absolute Gasteiger partial charge is 0.378 e. The van der Waals surface area contributed by atoms with Crippen molar-refractivity contribution in [3.05, 3.63) is 35.1 Å². The van der Waals surface area contributed by atoms with Gasteiger partial charge in [0.25, 0.3) is 0 Å². The molecule has 3 rings (SSSR count). The number of hydrogen-bond acceptors (Lipinski definition) is 5. The van der Waals surface area contributed by atoms with E-state index in [9.17, 15) is 0 Å². The van der Waals surface area contributed by atoms with Crippen molar-refractivity contribution in [2.75, 3.05) is 7.11 Å². The highest BCUT2D eigenvalue weighted by atomic mass is 32.1. The zero-order valence-corrected chi connectivity index (χ0v) is 13.2. The van der Waals surface area contributed by atoms with Gasteiger partial charge in [-0.2, -0.15) is 0 Å². The molecule has 0 bridgehead atoms. The Morgan fingerprint density at radius 1 is 1.29 bits per heavy atom. The maximum atomic E-state index is 5.29. The minimum Gasteiger partial charge on any atom is -0.378 e. The molecule has 0 aromatic carbocycles. The second kappa shape index (κ2) is 7.11. The van der Waals surface area contributed by atoms with Crippen LogP contribution in [0, 0.1) is 0 Å². The number of nitrogens with one attached hydrogen (secondary N) is 1. The molecule has 0 unspecified atom stereocenters. The average Bonchev–Trinajstić information content (AvgIpc) is 3.16. The van der Waals surface area contributed by atoms with Gasteiger partial charge in [-0.05, 0) is 25.0 Å². The van der Waals surface area contributed by atoms with Gasteiger partial charge >= 0.3 is 0 Å². The summed E-state index contributed by atoms with van der Waals surface area (Å²) in [6, 6.07) is 4.68. The van der Waals surface area contributed by atoms with E-state index in [4.69, 9.17) is 9.72 Å². The molecule has 2 heterocycles. The Morgan fingerprint density at radius 3 is 2.76 bits per heavy atom. The van der Waals surface area contributed by atoms with Crippen molar-refractivity contribution in [2.24, 2.45) is 0 Å². The molecule has 112 valence electrons. The smallest absolute Gasteiger partial charge is 0.124 e. The minimum absolute atomic E-state index is 0.573. The summed E-state index contributed by atoms with van der Waals surface area (Å²) >= 11 is 1.75. The van der Waals surface area contributed by atoms with E-state index in [1.165, 1.54) is 30.6 Å². The van der Waals surface area contributed by atoms with Gasteiger partial charge in [-0.15, -0.1) is 11.3 Å². The van der Waals surface area contributed by atoms with E-state index < -0.39 is 0 Å². The molecule has 21 heavy (non-hydrogen) atoms. The lowest BCUT2D eigenvalue weighted by Crippen LogP contribution is -2.25. The van der Waals surface area contributed by atoms with Crippen molar-refractivity contribution in [1.82, 2.24) is 15.3 Å². The first-order valence-electron chi connectivity index (χ1n) is 7.48. The van der Waals surface area contributed by atoms with Crippen LogP contribution in [-0.4, -0.2) is 23.1 Å². The number of aromatic nitrogens is 2. The maximum Gasteiger partial charge on any atom is 0.124 e. The Kier molecular flexibility index (Phi) is 4.95. The van der Waals surface area contributed by atoms with Gasteiger partial charge in [-0.3, -0.25) is 4.98 Å². The van der Waals surface area contributed by atoms with Gasteiger partial charge in [-0.25, -0.2) is 4.98 Å². The van der Waals surface area contributed by atoms with Crippen LogP contribution in [-0.2, 0) is 17.9 Å². The molecule has 1 N–H and O–H groups in total. The van der Waals surface area contributed by atoms with Crippen molar-refractivity contribution in [1.29, 1.82) is 0 Å². The van der Waals surface area contributed by atoms with Gasteiger partial charge in [0.15, 0.2) is 0 Å². The zero-order chi connectivity index (χ0) is 14.5. The van der Waals surface area contributed by atoms with E-state index in [-0.39, 0.29) is 0 Å². The first kappa shape index (κ1) is 14.6. The third kappa shape index (κ3) is 3.67. The number of pyridine rings is 1. The summed E-state index contributed by atoms with van der Waals surface area (Å²) < 4.78 is 5.29. The number of ether oxygens (including phenoxy) is 1. The van der Waals surface area contributed by atoms with Gasteiger partial charge in [0.2, 0.25) is 0 Å². The van der Waals surface area contributed by atoms with Crippen LogP contribution in [0.1, 0.15) is 36.3 Å². The van der Waals surface area contributed by atoms with Crippen LogP contribution in [0.15, 0.2) is 24.5 Å². The number of nitrogens with zero attached hydrogens (tertiary/aromatic N) is 2. The minimum atomic E-state index is 0.573. The predicted molar refractivity (Wildman–Crippen MR) is 85.2 cm³/mol. The quantitative estimate of drug-likeness (QED) is 0.888. The summed E-state index contributed by atoms with van der Waals surface area (Å²) in [5.41, 5.74) is 2.18. The fraction of sp³-hybridized carbons (Fsp3) is 0.500. The van der Waals surface area contributed by atoms with Crippen LogP contribution >= 0.6 is 11.3 Å². The first-order chi connectivity index (χ1) is 10.4. The van der Waals surface area contributed by atoms with Crippen molar-refractivity contribution in [3.63, 3.8) is 0 Å². The summed E-state index contributed by atoms with van der Waals surface area (Å²) in [4.78, 5) is 10.1. The summed E-state index contributed by atoms with van der Waals surface area (Å²) in [6.45, 7) is 1.47. The number of rotatable bonds is 6. The van der Waals surface area contributed by atoms with E-state index in [0.29, 0.717) is 12.6 Å². The average molecular weight is 303 g/mol. The maximum absolute atomic E-state index is 5.29. The van der Waals surface area contributed by atoms with E-state index in [1.807, 2.05) is 24.5 Å². The third-order valence-corrected chi connectivity index (χ3v) is 5.04. The van der Waals surface area contributed by atoms with Gasteiger partial charge in [0.1, 0.15) is 5.01 Å². The molecule has 4 nitrogen and oxygen atoms in total. The van der Waals surface area contributed by atoms with Gasteiger partial charge in [0, 0.05) is 42.5 Å². The van der Waals surface area contributed by atoms with Gasteiger partial charge in [0.05, 0.1) is 12.3 Å². The molecule has 0 radical (unpaired) electrons. The van der Waals surface area contributed by atoms with Crippen LogP contribution in [0.4, 0.5) is 0 Å². The Morgan fingerprint density at radius 2 is 2.05 bits per heavy atom. The Hall–Kier alpha value is -1.30. The molecule has 1 saturated carbocycles. The van der Waals surface area contributed by atoms with E-state index in [0.717, 1.165) is 22.8 Å². The summed E-state index contributed by atoms with van der Waals surface area (Å²) in [6.07, 6.45) is 8.93. The fourth-order valence-electron chi connectivity index (χ4n) is 2.76. The highest BCUT2D eigenvalue weighted by molar-refractivity contribution is 7.15. The predicted octanol–water partition coefficient (Wildman–Crippen LogP) is 3.38. The molecule has 1 fully saturated rings. The zero-order valence-electron chi connectivity index (χ0n) is 12.3. The van der Waals surface area contributed by atoms with Crippen molar-refractivity contribution in [2.45, 2.75) is 44.9 Å². The van der Waals surface area contributed by atoms with Gasteiger partial charge in [-0.1, -0.05) is 12.8 Å². The monoisotopic (exact) mass is 303 g/mol. The second-order valence-electron chi connectivity index (χ2n) is 5.42. The van der Waals surface area contributed by atoms with Crippen LogP contribution in [0.25, 0.3) is 10.6 Å². The Bertz CT molecular complexity index is 564. The molecule has 0 amide bonds. The normalized spacial score (nSPS) is 15.7. The van der Waals surface area contributed by atoms with Crippen LogP contribution in [0.5, 0.6) is 0 Å². The Balaban J connectivity index is 1.76. The van der Waals surface area contributed by atoms with Crippen molar-refractivity contribution in [3.8, 4) is 10.6 Å². The summed E-state index contributed by atoms with van der Waals surface area (Å²) in [5.74, 6) is 0. The summed E-state index contributed by atoms with van der Waals surface area (Å²) in [7, 11) is 1.72. The lowest BCUT2D eigenvalue weighted by molar-refractivity contribution is 0.181. The van der Waals surface area contributed by atoms with Crippen LogP contribution in [0.2, 0.25) is 0 Å². The number of thiazole rings is 1. The lowest BCUT2D eigenvalue weighted by Gasteiger charge is -2.11. The molecule has 1 aliphatic rings. The molecule has 0 atom stereocenters. The number of methoxy groups -OCH3 is 1. The molecule has 5 heteroatoms. The highest BCUT2D eigenvalue weighted by Crippen LogP contribution is 2.29. The molecular weight excluding hydrogens is 282 g/mol. The van der Waals surface area contributed by atoms with E-state index in [2.05, 4.69) is 10.3 Å². The SMILES string of the molecule is COCc1nc(-c2ccncc2)sc1CNC1CCCC1. The van der Waals surface area contributed by atoms with Crippen LogP contribution < -0.4 is 5.32 Å². The number of hydrogen-bond donors (Lipinski definition) is 1. The molecule has 0 saturated heterocycles. The molecule has 2 aromatic heterocycles. The second-order valence-corrected chi connectivity index (χ2v) is 6.50. The molecule has 1 aliphatic carbocycles. The molecule has 2 aromatic rings. The van der Waals surface area contributed by atoms with E-state index in [1.54, 1.807) is 18.4 Å². The highest BCUT2D eigenvalue weighted by Gasteiger charge is 2.17. The molecular formula is C16H21N3OS. The van der Waals surface area contributed by atoms with Crippen molar-refractivity contribution >= 4 is 11.3 Å². The fourth-order valence-corrected chi connectivity index (χ4v) is 3.78. The van der Waals surface area contributed by atoms with Crippen LogP contribution in [0.3, 0.4) is 0 Å². The van der Waals surface area contributed by atoms with Crippen molar-refractivity contribution < 1.29 is 4.74 Å². The summed E-state index contributed by atoms with van der Waals surface area (Å²) in [5, 5.41) is 4.71. The Labute approximate surface area is 129 Å². The third-order valence-electron chi connectivity index (χ3n) is 3.89. The van der Waals surface area contributed by atoms with Gasteiger partial charge < -0.3 is 10.1 Å². The topological polar surface area (TPSA) is 47.0 Å². The lowest BCUT2D eigenvalue weighted by atomic mass is 10.2. The van der Waals surface area contributed by atoms with E-state index >= 15 is 0 Å². The standard InChI is InChI=1S/C16H21N3OS/c1-20-11-14-15(10-18-13-4-2-3-5-13)21-16(19-14)12-6-8-17-9-7-12/h6-9,13,18H,2-5,10-11H2,1H3.